The molecule has 1 N–H and O–H groups in total. The molecule has 0 aromatic heterocycles. The standard InChI is InChI=1S/C13H16O4/c1-6-7(2)13(4)9(11(16)17-5)8(10(14)15)12(6,13)3/h1-5H3,(H,14,15). The third-order valence-electron chi connectivity index (χ3n) is 4.92. The van der Waals surface area contributed by atoms with E-state index in [9.17, 15) is 14.7 Å². The number of rotatable bonds is 2. The number of aliphatic carboxylic acids is 1. The molecular weight excluding hydrogens is 220 g/mol. The largest absolute Gasteiger partial charge is 0.478 e. The molecule has 0 spiro atoms. The fourth-order valence-electron chi connectivity index (χ4n) is 3.48. The summed E-state index contributed by atoms with van der Waals surface area (Å²) in [6, 6.07) is 0. The molecule has 2 aliphatic carbocycles. The van der Waals surface area contributed by atoms with E-state index in [-0.39, 0.29) is 5.57 Å². The van der Waals surface area contributed by atoms with Crippen molar-refractivity contribution in [2.24, 2.45) is 10.8 Å². The van der Waals surface area contributed by atoms with Crippen molar-refractivity contribution < 1.29 is 19.4 Å². The summed E-state index contributed by atoms with van der Waals surface area (Å²) in [6.45, 7) is 7.66. The van der Waals surface area contributed by atoms with Crippen molar-refractivity contribution in [2.45, 2.75) is 27.7 Å². The number of carbonyl (C=O) groups excluding carboxylic acids is 1. The van der Waals surface area contributed by atoms with E-state index in [1.54, 1.807) is 0 Å². The Morgan fingerprint density at radius 1 is 1.06 bits per heavy atom. The lowest BCUT2D eigenvalue weighted by atomic mass is 9.35. The highest BCUT2D eigenvalue weighted by Gasteiger charge is 2.71. The number of hydrogen-bond donors (Lipinski definition) is 1. The van der Waals surface area contributed by atoms with Crippen LogP contribution >= 0.6 is 0 Å². The molecule has 0 amide bonds. The van der Waals surface area contributed by atoms with Crippen LogP contribution in [0.1, 0.15) is 27.7 Å². The number of carboxylic acid groups (broad SMARTS) is 1. The Balaban J connectivity index is 2.65. The van der Waals surface area contributed by atoms with Crippen molar-refractivity contribution in [2.75, 3.05) is 7.11 Å². The van der Waals surface area contributed by atoms with Crippen molar-refractivity contribution in [1.82, 2.24) is 0 Å². The first-order valence-electron chi connectivity index (χ1n) is 5.49. The van der Waals surface area contributed by atoms with Gasteiger partial charge in [0.05, 0.1) is 18.3 Å². The van der Waals surface area contributed by atoms with Gasteiger partial charge in [-0.25, -0.2) is 9.59 Å². The normalized spacial score (nSPS) is 34.9. The number of ether oxygens (including phenoxy) is 1. The van der Waals surface area contributed by atoms with Gasteiger partial charge >= 0.3 is 11.9 Å². The number of esters is 1. The van der Waals surface area contributed by atoms with Crippen LogP contribution in [0.15, 0.2) is 22.3 Å². The SMILES string of the molecule is COC(=O)C1=C(C(=O)O)C2(C)C(C)=C(C)C12C. The quantitative estimate of drug-likeness (QED) is 0.587. The van der Waals surface area contributed by atoms with Crippen LogP contribution in [0, 0.1) is 10.8 Å². The molecule has 0 aromatic carbocycles. The molecule has 0 saturated heterocycles. The molecule has 2 rings (SSSR count). The van der Waals surface area contributed by atoms with Gasteiger partial charge < -0.3 is 9.84 Å². The summed E-state index contributed by atoms with van der Waals surface area (Å²) in [4.78, 5) is 23.0. The molecule has 0 bridgehead atoms. The van der Waals surface area contributed by atoms with E-state index in [0.29, 0.717) is 5.57 Å². The van der Waals surface area contributed by atoms with Crippen LogP contribution < -0.4 is 0 Å². The number of hydrogen-bond acceptors (Lipinski definition) is 3. The third kappa shape index (κ3) is 0.911. The van der Waals surface area contributed by atoms with E-state index in [2.05, 4.69) is 0 Å². The fourth-order valence-corrected chi connectivity index (χ4v) is 3.48. The number of methoxy groups -OCH3 is 1. The highest BCUT2D eigenvalue weighted by Crippen LogP contribution is 2.74. The van der Waals surface area contributed by atoms with Crippen molar-refractivity contribution in [3.8, 4) is 0 Å². The van der Waals surface area contributed by atoms with Gasteiger partial charge in [-0.15, -0.1) is 0 Å². The Morgan fingerprint density at radius 3 is 1.82 bits per heavy atom. The van der Waals surface area contributed by atoms with Gasteiger partial charge in [-0.05, 0) is 13.8 Å². The summed E-state index contributed by atoms with van der Waals surface area (Å²) < 4.78 is 4.70. The number of carboxylic acids is 1. The average Bonchev–Trinajstić information content (AvgIpc) is 2.30. The second kappa shape index (κ2) is 3.00. The van der Waals surface area contributed by atoms with Crippen molar-refractivity contribution >= 4 is 11.9 Å². The molecule has 0 radical (unpaired) electrons. The predicted octanol–water partition coefficient (Wildman–Crippen LogP) is 1.92. The average molecular weight is 236 g/mol. The molecule has 0 aromatic rings. The first kappa shape index (κ1) is 11.9. The van der Waals surface area contributed by atoms with E-state index >= 15 is 0 Å². The van der Waals surface area contributed by atoms with Gasteiger partial charge in [0.15, 0.2) is 0 Å². The molecular formula is C13H16O4. The summed E-state index contributed by atoms with van der Waals surface area (Å²) in [5.41, 5.74) is 1.62. The highest BCUT2D eigenvalue weighted by molar-refractivity contribution is 6.08. The Labute approximate surface area is 100.0 Å². The summed E-state index contributed by atoms with van der Waals surface area (Å²) in [7, 11) is 1.28. The van der Waals surface area contributed by atoms with Crippen molar-refractivity contribution in [3.63, 3.8) is 0 Å². The number of carbonyl (C=O) groups is 2. The number of allylic oxidation sites excluding steroid dienone is 2. The smallest absolute Gasteiger partial charge is 0.335 e. The van der Waals surface area contributed by atoms with Gasteiger partial charge in [0.1, 0.15) is 0 Å². The first-order chi connectivity index (χ1) is 7.74. The summed E-state index contributed by atoms with van der Waals surface area (Å²) in [6.07, 6.45) is 0. The predicted molar refractivity (Wildman–Crippen MR) is 61.3 cm³/mol. The van der Waals surface area contributed by atoms with E-state index in [1.807, 2.05) is 27.7 Å². The van der Waals surface area contributed by atoms with Gasteiger partial charge in [-0.2, -0.15) is 0 Å². The minimum Gasteiger partial charge on any atom is -0.478 e. The van der Waals surface area contributed by atoms with Crippen LogP contribution in [0.2, 0.25) is 0 Å². The maximum Gasteiger partial charge on any atom is 0.335 e. The Bertz CT molecular complexity index is 512. The second-order valence-corrected chi connectivity index (χ2v) is 5.05. The third-order valence-corrected chi connectivity index (χ3v) is 4.92. The molecule has 2 aliphatic rings. The van der Waals surface area contributed by atoms with Gasteiger partial charge in [0.2, 0.25) is 0 Å². The lowest BCUT2D eigenvalue weighted by molar-refractivity contribution is -0.144. The molecule has 0 fully saturated rings. The first-order valence-corrected chi connectivity index (χ1v) is 5.49. The van der Waals surface area contributed by atoms with Crippen LogP contribution in [0.3, 0.4) is 0 Å². The molecule has 17 heavy (non-hydrogen) atoms. The van der Waals surface area contributed by atoms with Gasteiger partial charge in [-0.1, -0.05) is 25.0 Å². The van der Waals surface area contributed by atoms with Crippen LogP contribution in [-0.4, -0.2) is 24.2 Å². The second-order valence-electron chi connectivity index (χ2n) is 5.05. The van der Waals surface area contributed by atoms with E-state index < -0.39 is 22.8 Å². The zero-order chi connectivity index (χ0) is 13.2. The summed E-state index contributed by atoms with van der Waals surface area (Å²) in [5.74, 6) is -1.56. The van der Waals surface area contributed by atoms with Crippen molar-refractivity contribution in [1.29, 1.82) is 0 Å². The maximum absolute atomic E-state index is 11.7. The van der Waals surface area contributed by atoms with Crippen LogP contribution in [0.4, 0.5) is 0 Å². The Morgan fingerprint density at radius 2 is 1.47 bits per heavy atom. The van der Waals surface area contributed by atoms with E-state index in [0.717, 1.165) is 11.1 Å². The van der Waals surface area contributed by atoms with Gasteiger partial charge in [-0.3, -0.25) is 0 Å². The molecule has 2 unspecified atom stereocenters. The minimum atomic E-state index is -1.03. The molecule has 4 nitrogen and oxygen atoms in total. The molecule has 0 heterocycles. The topological polar surface area (TPSA) is 63.6 Å². The van der Waals surface area contributed by atoms with Crippen LogP contribution in [0.25, 0.3) is 0 Å². The lowest BCUT2D eigenvalue weighted by Crippen LogP contribution is -2.62. The van der Waals surface area contributed by atoms with Crippen molar-refractivity contribution in [3.05, 3.63) is 22.3 Å². The molecule has 92 valence electrons. The molecule has 0 aliphatic heterocycles. The Kier molecular flexibility index (Phi) is 2.10. The summed E-state index contributed by atoms with van der Waals surface area (Å²) >= 11 is 0. The summed E-state index contributed by atoms with van der Waals surface area (Å²) in [5, 5.41) is 9.27. The maximum atomic E-state index is 11.7. The monoisotopic (exact) mass is 236 g/mol. The van der Waals surface area contributed by atoms with E-state index in [1.165, 1.54) is 7.11 Å². The molecule has 4 heteroatoms. The zero-order valence-electron chi connectivity index (χ0n) is 10.7. The molecule has 2 atom stereocenters. The van der Waals surface area contributed by atoms with Crippen LogP contribution in [-0.2, 0) is 14.3 Å². The molecule has 0 saturated carbocycles. The lowest BCUT2D eigenvalue weighted by Gasteiger charge is -2.65. The van der Waals surface area contributed by atoms with E-state index in [4.69, 9.17) is 4.74 Å². The zero-order valence-corrected chi connectivity index (χ0v) is 10.7. The Hall–Kier alpha value is -1.58. The van der Waals surface area contributed by atoms with Gasteiger partial charge in [0, 0.05) is 10.8 Å². The highest BCUT2D eigenvalue weighted by atomic mass is 16.5. The van der Waals surface area contributed by atoms with Gasteiger partial charge in [0.25, 0.3) is 0 Å². The fraction of sp³-hybridized carbons (Fsp3) is 0.538. The number of fused-ring (bicyclic) bond motifs is 1. The minimum absolute atomic E-state index is 0.190. The van der Waals surface area contributed by atoms with Crippen LogP contribution in [0.5, 0.6) is 0 Å².